The molecule has 4 aromatic rings. The van der Waals surface area contributed by atoms with Gasteiger partial charge in [-0.05, 0) is 61.4 Å². The molecular weight excluding hydrogens is 696 g/mol. The Balaban J connectivity index is 1.67. The van der Waals surface area contributed by atoms with Crippen molar-refractivity contribution in [3.05, 3.63) is 123 Å². The summed E-state index contributed by atoms with van der Waals surface area (Å²) < 4.78 is 21.2. The average molecular weight is 726 g/mol. The maximum Gasteiger partial charge on any atom is 0.338 e. The average Bonchev–Trinajstić information content (AvgIpc) is 3.31. The predicted molar refractivity (Wildman–Crippen MR) is 175 cm³/mol. The first kappa shape index (κ1) is 31.0. The van der Waals surface area contributed by atoms with E-state index in [9.17, 15) is 9.59 Å². The molecular formula is C33H30Br2N2O5S. The first-order chi connectivity index (χ1) is 20.8. The third-order valence-electron chi connectivity index (χ3n) is 6.89. The largest absolute Gasteiger partial charge is 0.496 e. The predicted octanol–water partition coefficient (Wildman–Crippen LogP) is 6.69. The molecule has 0 saturated carbocycles. The summed E-state index contributed by atoms with van der Waals surface area (Å²) in [6, 6.07) is 20.3. The van der Waals surface area contributed by atoms with Crippen LogP contribution < -0.4 is 24.4 Å². The van der Waals surface area contributed by atoms with Crippen molar-refractivity contribution in [2.75, 3.05) is 13.7 Å². The number of fused-ring (bicyclic) bond motifs is 1. The number of aromatic nitrogens is 1. The highest BCUT2D eigenvalue weighted by molar-refractivity contribution is 9.10. The Hall–Kier alpha value is -3.47. The molecule has 0 spiro atoms. The van der Waals surface area contributed by atoms with Gasteiger partial charge >= 0.3 is 5.97 Å². The number of hydrogen-bond donors (Lipinski definition) is 0. The fourth-order valence-corrected chi connectivity index (χ4v) is 6.60. The molecule has 222 valence electrons. The maximum absolute atomic E-state index is 14.2. The molecule has 0 amide bonds. The number of halogens is 2. The van der Waals surface area contributed by atoms with Crippen LogP contribution in [0.25, 0.3) is 6.08 Å². The van der Waals surface area contributed by atoms with E-state index in [1.54, 1.807) is 18.6 Å². The van der Waals surface area contributed by atoms with Crippen LogP contribution in [-0.4, -0.2) is 24.3 Å². The van der Waals surface area contributed by atoms with Gasteiger partial charge in [-0.2, -0.15) is 0 Å². The van der Waals surface area contributed by atoms with Crippen molar-refractivity contribution in [3.63, 3.8) is 0 Å². The minimum absolute atomic E-state index is 0.200. The van der Waals surface area contributed by atoms with E-state index >= 15 is 0 Å². The monoisotopic (exact) mass is 724 g/mol. The van der Waals surface area contributed by atoms with E-state index in [0.717, 1.165) is 26.5 Å². The lowest BCUT2D eigenvalue weighted by molar-refractivity contribution is -0.139. The summed E-state index contributed by atoms with van der Waals surface area (Å²) in [5, 5.41) is 0. The summed E-state index contributed by atoms with van der Waals surface area (Å²) in [7, 11) is 1.57. The molecule has 7 nitrogen and oxygen atoms in total. The zero-order valence-electron chi connectivity index (χ0n) is 23.9. The molecule has 10 heteroatoms. The highest BCUT2D eigenvalue weighted by Gasteiger charge is 2.36. The summed E-state index contributed by atoms with van der Waals surface area (Å²) in [6.07, 6.45) is 3.14. The number of carbonyl (C=O) groups is 1. The lowest BCUT2D eigenvalue weighted by atomic mass is 9.93. The van der Waals surface area contributed by atoms with Gasteiger partial charge in [0.15, 0.2) is 4.80 Å². The van der Waals surface area contributed by atoms with Crippen LogP contribution in [0, 0.1) is 0 Å². The molecule has 1 atom stereocenters. The Morgan fingerprint density at radius 1 is 1.02 bits per heavy atom. The number of para-hydroxylation sites is 1. The van der Waals surface area contributed by atoms with Gasteiger partial charge in [0.05, 0.1) is 29.5 Å². The second-order valence-corrected chi connectivity index (χ2v) is 12.6. The lowest BCUT2D eigenvalue weighted by Crippen LogP contribution is -2.40. The van der Waals surface area contributed by atoms with E-state index in [1.807, 2.05) is 79.7 Å². The van der Waals surface area contributed by atoms with E-state index in [1.165, 1.54) is 11.3 Å². The van der Waals surface area contributed by atoms with E-state index in [-0.39, 0.29) is 12.2 Å². The zero-order valence-corrected chi connectivity index (χ0v) is 27.9. The van der Waals surface area contributed by atoms with Gasteiger partial charge in [0.2, 0.25) is 0 Å². The summed E-state index contributed by atoms with van der Waals surface area (Å²) in [4.78, 5) is 33.1. The molecule has 0 saturated heterocycles. The van der Waals surface area contributed by atoms with Crippen LogP contribution >= 0.6 is 43.2 Å². The van der Waals surface area contributed by atoms with E-state index in [4.69, 9.17) is 19.2 Å². The Labute approximate surface area is 270 Å². The van der Waals surface area contributed by atoms with Crippen molar-refractivity contribution >= 4 is 55.2 Å². The van der Waals surface area contributed by atoms with E-state index in [2.05, 4.69) is 31.9 Å². The number of nitrogens with zero attached hydrogens (tertiary/aromatic N) is 2. The molecule has 0 N–H and O–H groups in total. The molecule has 0 unspecified atom stereocenters. The van der Waals surface area contributed by atoms with Crippen molar-refractivity contribution in [1.82, 2.24) is 4.57 Å². The van der Waals surface area contributed by atoms with Crippen LogP contribution in [0.2, 0.25) is 0 Å². The number of carbonyl (C=O) groups excluding carboxylic acids is 1. The summed E-state index contributed by atoms with van der Waals surface area (Å²) in [5.41, 5.74) is 3.14. The van der Waals surface area contributed by atoms with Gasteiger partial charge in [-0.25, -0.2) is 9.79 Å². The van der Waals surface area contributed by atoms with Gasteiger partial charge in [0, 0.05) is 20.1 Å². The molecule has 0 radical (unpaired) electrons. The highest BCUT2D eigenvalue weighted by Crippen LogP contribution is 2.38. The molecule has 0 aliphatic carbocycles. The number of ether oxygens (including phenoxy) is 3. The van der Waals surface area contributed by atoms with Gasteiger partial charge < -0.3 is 14.2 Å². The molecule has 43 heavy (non-hydrogen) atoms. The topological polar surface area (TPSA) is 79.1 Å². The van der Waals surface area contributed by atoms with Crippen LogP contribution in [-0.2, 0) is 16.1 Å². The molecule has 1 aromatic heterocycles. The molecule has 1 aliphatic heterocycles. The number of esters is 1. The van der Waals surface area contributed by atoms with E-state index in [0.29, 0.717) is 50.7 Å². The molecule has 0 bridgehead atoms. The Morgan fingerprint density at radius 2 is 1.77 bits per heavy atom. The number of methoxy groups -OCH3 is 1. The fraction of sp³-hybridized carbons (Fsp3) is 0.242. The smallest absolute Gasteiger partial charge is 0.338 e. The minimum atomic E-state index is -0.782. The Kier molecular flexibility index (Phi) is 10.00. The minimum Gasteiger partial charge on any atom is -0.496 e. The third kappa shape index (κ3) is 6.71. The Bertz CT molecular complexity index is 1860. The van der Waals surface area contributed by atoms with Crippen molar-refractivity contribution in [2.24, 2.45) is 4.99 Å². The first-order valence-electron chi connectivity index (χ1n) is 13.9. The van der Waals surface area contributed by atoms with E-state index < -0.39 is 12.0 Å². The highest BCUT2D eigenvalue weighted by atomic mass is 79.9. The van der Waals surface area contributed by atoms with Crippen LogP contribution in [0.3, 0.4) is 0 Å². The lowest BCUT2D eigenvalue weighted by Gasteiger charge is -2.27. The van der Waals surface area contributed by atoms with Crippen LogP contribution in [0.4, 0.5) is 0 Å². The zero-order chi connectivity index (χ0) is 30.5. The second kappa shape index (κ2) is 13.9. The van der Waals surface area contributed by atoms with Crippen molar-refractivity contribution in [3.8, 4) is 11.5 Å². The standard InChI is InChI=1S/C33H30Br2N2O5S/c1-4-8-25-29(32(39)41-5-2)30(24-18-23(35)15-16-27(24)40-3)37-31(38)28(43-33(37)36-25)17-21-9-6-7-10-26(21)42-19-20-11-13-22(34)14-12-20/h6-7,9-18,30H,4-5,8,19H2,1-3H3/b28-17+/t30-/m1/s1. The first-order valence-corrected chi connectivity index (χ1v) is 16.3. The number of benzene rings is 3. The number of hydrogen-bond acceptors (Lipinski definition) is 7. The van der Waals surface area contributed by atoms with Crippen molar-refractivity contribution in [1.29, 1.82) is 0 Å². The summed E-state index contributed by atoms with van der Waals surface area (Å²) in [6.45, 7) is 4.37. The van der Waals surface area contributed by atoms with Crippen molar-refractivity contribution in [2.45, 2.75) is 39.3 Å². The molecule has 5 rings (SSSR count). The normalized spacial score (nSPS) is 14.7. The van der Waals surface area contributed by atoms with Gasteiger partial charge in [0.25, 0.3) is 5.56 Å². The van der Waals surface area contributed by atoms with Crippen LogP contribution in [0.15, 0.2) is 96.7 Å². The molecule has 0 fully saturated rings. The summed E-state index contributed by atoms with van der Waals surface area (Å²) in [5.74, 6) is 0.706. The number of rotatable bonds is 10. The van der Waals surface area contributed by atoms with Gasteiger partial charge in [-0.3, -0.25) is 9.36 Å². The number of thiazole rings is 1. The quantitative estimate of drug-likeness (QED) is 0.170. The van der Waals surface area contributed by atoms with Gasteiger partial charge in [-0.15, -0.1) is 0 Å². The van der Waals surface area contributed by atoms with Gasteiger partial charge in [-0.1, -0.05) is 86.9 Å². The molecule has 2 heterocycles. The SMILES string of the molecule is CCCC1=C(C(=O)OCC)[C@@H](c2cc(Br)ccc2OC)n2c(s/c(=C/c3ccccc3OCc3ccc(Br)cc3)c2=O)=N1. The molecule has 3 aromatic carbocycles. The number of allylic oxidation sites excluding steroid dienone is 1. The fourth-order valence-electron chi connectivity index (χ4n) is 4.95. The third-order valence-corrected chi connectivity index (χ3v) is 8.90. The van der Waals surface area contributed by atoms with Gasteiger partial charge in [0.1, 0.15) is 24.1 Å². The van der Waals surface area contributed by atoms with Crippen LogP contribution in [0.5, 0.6) is 11.5 Å². The van der Waals surface area contributed by atoms with Crippen molar-refractivity contribution < 1.29 is 19.0 Å². The molecule has 1 aliphatic rings. The van der Waals surface area contributed by atoms with Crippen LogP contribution in [0.1, 0.15) is 49.4 Å². The second-order valence-electron chi connectivity index (χ2n) is 9.75. The summed E-state index contributed by atoms with van der Waals surface area (Å²) >= 11 is 8.30. The Morgan fingerprint density at radius 3 is 2.49 bits per heavy atom. The maximum atomic E-state index is 14.2.